The van der Waals surface area contributed by atoms with Gasteiger partial charge in [-0.1, -0.05) is 30.3 Å². The van der Waals surface area contributed by atoms with Crippen molar-refractivity contribution in [3.05, 3.63) is 66.2 Å². The number of aliphatic hydroxyl groups excluding tert-OH is 1. The van der Waals surface area contributed by atoms with E-state index in [0.29, 0.717) is 5.95 Å². The molecule has 0 bridgehead atoms. The van der Waals surface area contributed by atoms with Crippen LogP contribution in [0.2, 0.25) is 0 Å². The number of nitrogens with zero attached hydrogens (tertiary/aromatic N) is 6. The number of pyridine rings is 1. The maximum Gasteiger partial charge on any atom is 0.225 e. The molecule has 1 N–H and O–H groups in total. The number of rotatable bonds is 3. The quantitative estimate of drug-likeness (QED) is 0.556. The number of aromatic nitrogens is 5. The average molecular weight is 412 g/mol. The fourth-order valence-corrected chi connectivity index (χ4v) is 4.75. The Morgan fingerprint density at radius 2 is 1.65 bits per heavy atom. The van der Waals surface area contributed by atoms with Crippen molar-refractivity contribution in [3.8, 4) is 11.3 Å². The smallest absolute Gasteiger partial charge is 0.225 e. The van der Waals surface area contributed by atoms with Gasteiger partial charge in [-0.3, -0.25) is 0 Å². The van der Waals surface area contributed by atoms with Crippen LogP contribution in [0.3, 0.4) is 0 Å². The molecule has 0 saturated carbocycles. The van der Waals surface area contributed by atoms with Gasteiger partial charge < -0.3 is 14.6 Å². The van der Waals surface area contributed by atoms with Gasteiger partial charge in [-0.2, -0.15) is 0 Å². The predicted octanol–water partition coefficient (Wildman–Crippen LogP) is 3.39. The van der Waals surface area contributed by atoms with Gasteiger partial charge in [-0.15, -0.1) is 0 Å². The van der Waals surface area contributed by atoms with Gasteiger partial charge in [-0.05, 0) is 37.0 Å². The summed E-state index contributed by atoms with van der Waals surface area (Å²) in [7, 11) is 0. The second kappa shape index (κ2) is 7.42. The van der Waals surface area contributed by atoms with E-state index >= 15 is 0 Å². The molecule has 7 nitrogen and oxygen atoms in total. The fraction of sp³-hybridized carbons (Fsp3) is 0.333. The highest BCUT2D eigenvalue weighted by Crippen LogP contribution is 2.35. The molecule has 2 aliphatic heterocycles. The largest absolute Gasteiger partial charge is 0.393 e. The van der Waals surface area contributed by atoms with Crippen molar-refractivity contribution in [2.45, 2.75) is 37.8 Å². The minimum absolute atomic E-state index is 0.205. The third-order valence-corrected chi connectivity index (χ3v) is 6.43. The lowest BCUT2D eigenvalue weighted by atomic mass is 10.0. The maximum absolute atomic E-state index is 9.71. The number of benzene rings is 1. The van der Waals surface area contributed by atoms with E-state index in [0.717, 1.165) is 67.0 Å². The number of fused-ring (bicyclic) bond motifs is 3. The number of piperidine rings is 1. The van der Waals surface area contributed by atoms with Crippen molar-refractivity contribution in [1.29, 1.82) is 0 Å². The topological polar surface area (TPSA) is 80.0 Å². The van der Waals surface area contributed by atoms with Crippen LogP contribution in [0.15, 0.2) is 54.9 Å². The Labute approximate surface area is 180 Å². The van der Waals surface area contributed by atoms with Crippen LogP contribution in [-0.4, -0.2) is 48.8 Å². The third kappa shape index (κ3) is 3.25. The van der Waals surface area contributed by atoms with Gasteiger partial charge in [-0.25, -0.2) is 19.9 Å². The van der Waals surface area contributed by atoms with Crippen molar-refractivity contribution in [1.82, 2.24) is 24.5 Å². The first-order valence-corrected chi connectivity index (χ1v) is 10.9. The molecule has 31 heavy (non-hydrogen) atoms. The summed E-state index contributed by atoms with van der Waals surface area (Å²) in [6.45, 7) is 1.57. The van der Waals surface area contributed by atoms with Crippen LogP contribution >= 0.6 is 0 Å². The van der Waals surface area contributed by atoms with E-state index in [-0.39, 0.29) is 12.1 Å². The van der Waals surface area contributed by atoms with Crippen LogP contribution in [0, 0.1) is 0 Å². The van der Waals surface area contributed by atoms with Crippen LogP contribution in [0.4, 0.5) is 5.95 Å². The molecule has 7 heteroatoms. The Balaban J connectivity index is 1.33. The Bertz CT molecular complexity index is 1210. The highest BCUT2D eigenvalue weighted by atomic mass is 16.3. The third-order valence-electron chi connectivity index (χ3n) is 6.43. The first-order valence-electron chi connectivity index (χ1n) is 10.9. The highest BCUT2D eigenvalue weighted by molar-refractivity contribution is 5.76. The molecule has 1 fully saturated rings. The molecular formula is C24H24N6O. The monoisotopic (exact) mass is 412 g/mol. The van der Waals surface area contributed by atoms with E-state index in [1.54, 1.807) is 0 Å². The molecule has 6 rings (SSSR count). The standard InChI is InChI=1S/C24H24N6O/c31-18-10-12-29(13-11-18)24-25-14-17(15-26-24)19-6-7-20-23(28-19)30-21(8-9-22(30)27-20)16-4-2-1-3-5-16/h1-7,14-15,18,21,31H,8-13H2/t21-/m1/s1. The number of anilines is 1. The molecule has 1 atom stereocenters. The van der Waals surface area contributed by atoms with Crippen LogP contribution in [0.25, 0.3) is 22.4 Å². The normalized spacial score (nSPS) is 19.1. The van der Waals surface area contributed by atoms with Gasteiger partial charge in [0.1, 0.15) is 11.3 Å². The minimum atomic E-state index is -0.205. The SMILES string of the molecule is OC1CCN(c2ncc(-c3ccc4nc5n(c4n3)[C@@H](c3ccccc3)CC5)cn2)CC1. The molecule has 1 saturated heterocycles. The first-order chi connectivity index (χ1) is 15.3. The molecule has 0 radical (unpaired) electrons. The summed E-state index contributed by atoms with van der Waals surface area (Å²) < 4.78 is 2.29. The van der Waals surface area contributed by atoms with Gasteiger partial charge in [0, 0.05) is 37.5 Å². The second-order valence-corrected chi connectivity index (χ2v) is 8.39. The van der Waals surface area contributed by atoms with Gasteiger partial charge in [0.2, 0.25) is 5.95 Å². The number of aryl methyl sites for hydroxylation is 1. The molecule has 0 unspecified atom stereocenters. The molecule has 1 aromatic carbocycles. The Kier molecular flexibility index (Phi) is 4.42. The zero-order chi connectivity index (χ0) is 20.8. The van der Waals surface area contributed by atoms with Gasteiger partial charge in [0.15, 0.2) is 5.65 Å². The zero-order valence-electron chi connectivity index (χ0n) is 17.2. The van der Waals surface area contributed by atoms with Crippen LogP contribution in [0.5, 0.6) is 0 Å². The van der Waals surface area contributed by atoms with E-state index in [9.17, 15) is 5.11 Å². The van der Waals surface area contributed by atoms with Crippen LogP contribution in [-0.2, 0) is 6.42 Å². The Morgan fingerprint density at radius 3 is 2.42 bits per heavy atom. The van der Waals surface area contributed by atoms with Crippen molar-refractivity contribution in [2.24, 2.45) is 0 Å². The van der Waals surface area contributed by atoms with Crippen molar-refractivity contribution in [2.75, 3.05) is 18.0 Å². The molecular weight excluding hydrogens is 388 g/mol. The predicted molar refractivity (Wildman–Crippen MR) is 119 cm³/mol. The van der Waals surface area contributed by atoms with E-state index < -0.39 is 0 Å². The number of imidazole rings is 1. The first kappa shape index (κ1) is 18.4. The number of aliphatic hydroxyl groups is 1. The van der Waals surface area contributed by atoms with Gasteiger partial charge >= 0.3 is 0 Å². The molecule has 0 spiro atoms. The van der Waals surface area contributed by atoms with E-state index in [1.807, 2.05) is 24.5 Å². The number of hydrogen-bond donors (Lipinski definition) is 1. The lowest BCUT2D eigenvalue weighted by Gasteiger charge is -2.29. The summed E-state index contributed by atoms with van der Waals surface area (Å²) in [6, 6.07) is 14.9. The van der Waals surface area contributed by atoms with Gasteiger partial charge in [0.25, 0.3) is 0 Å². The summed E-state index contributed by atoms with van der Waals surface area (Å²) in [6.07, 6.45) is 7.03. The van der Waals surface area contributed by atoms with Crippen molar-refractivity contribution < 1.29 is 5.11 Å². The summed E-state index contributed by atoms with van der Waals surface area (Å²) in [5, 5.41) is 9.71. The van der Waals surface area contributed by atoms with E-state index in [2.05, 4.69) is 49.8 Å². The molecule has 156 valence electrons. The molecule has 0 aliphatic carbocycles. The molecule has 2 aliphatic rings. The fourth-order valence-electron chi connectivity index (χ4n) is 4.75. The molecule has 5 heterocycles. The second-order valence-electron chi connectivity index (χ2n) is 8.39. The van der Waals surface area contributed by atoms with Crippen molar-refractivity contribution in [3.63, 3.8) is 0 Å². The van der Waals surface area contributed by atoms with E-state index in [1.165, 1.54) is 5.56 Å². The molecule has 3 aromatic heterocycles. The lowest BCUT2D eigenvalue weighted by molar-refractivity contribution is 0.145. The summed E-state index contributed by atoms with van der Waals surface area (Å²) >= 11 is 0. The summed E-state index contributed by atoms with van der Waals surface area (Å²) in [5.74, 6) is 1.82. The Morgan fingerprint density at radius 1 is 0.871 bits per heavy atom. The average Bonchev–Trinajstić information content (AvgIpc) is 3.39. The molecule has 0 amide bonds. The van der Waals surface area contributed by atoms with Crippen LogP contribution in [0.1, 0.15) is 36.7 Å². The number of hydrogen-bond acceptors (Lipinski definition) is 6. The summed E-state index contributed by atoms with van der Waals surface area (Å²) in [5.41, 5.74) is 4.91. The van der Waals surface area contributed by atoms with E-state index in [4.69, 9.17) is 9.97 Å². The molecule has 4 aromatic rings. The van der Waals surface area contributed by atoms with Crippen molar-refractivity contribution >= 4 is 17.1 Å². The Hall–Kier alpha value is -3.32. The van der Waals surface area contributed by atoms with Gasteiger partial charge in [0.05, 0.1) is 17.8 Å². The lowest BCUT2D eigenvalue weighted by Crippen LogP contribution is -2.36. The van der Waals surface area contributed by atoms with Crippen LogP contribution < -0.4 is 4.90 Å². The maximum atomic E-state index is 9.71. The zero-order valence-corrected chi connectivity index (χ0v) is 17.2. The summed E-state index contributed by atoms with van der Waals surface area (Å²) in [4.78, 5) is 21.1. The highest BCUT2D eigenvalue weighted by Gasteiger charge is 2.28. The minimum Gasteiger partial charge on any atom is -0.393 e.